The van der Waals surface area contributed by atoms with Crippen molar-refractivity contribution in [3.8, 4) is 0 Å². The molecule has 1 aliphatic heterocycles. The second-order valence-electron chi connectivity index (χ2n) is 8.31. The number of nitrogens with zero attached hydrogens (tertiary/aromatic N) is 2. The fourth-order valence-corrected chi connectivity index (χ4v) is 4.14. The fraction of sp³-hybridized carbons (Fsp3) is 0.571. The molecule has 1 aromatic rings. The number of nitrogens with one attached hydrogen (secondary N) is 1. The molecule has 1 aromatic heterocycles. The molecule has 2 atom stereocenters. The first kappa shape index (κ1) is 24.5. The molecule has 0 spiro atoms. The molecule has 12 heteroatoms. The summed E-state index contributed by atoms with van der Waals surface area (Å²) < 4.78 is 41.0. The highest BCUT2D eigenvalue weighted by molar-refractivity contribution is 6.12. The van der Waals surface area contributed by atoms with Gasteiger partial charge in [-0.25, -0.2) is 14.6 Å². The van der Waals surface area contributed by atoms with Crippen molar-refractivity contribution >= 4 is 29.6 Å². The van der Waals surface area contributed by atoms with E-state index < -0.39 is 41.9 Å². The monoisotopic (exact) mass is 470 g/mol. The number of pyridine rings is 1. The lowest BCUT2D eigenvalue weighted by Gasteiger charge is -2.37. The molecule has 2 fully saturated rings. The number of anilines is 1. The minimum atomic E-state index is -5.38. The largest absolute Gasteiger partial charge is 0.491 e. The maximum Gasteiger partial charge on any atom is 0.491 e. The molecule has 0 aromatic carbocycles. The van der Waals surface area contributed by atoms with Crippen molar-refractivity contribution in [3.63, 3.8) is 0 Å². The number of alkyl halides is 3. The van der Waals surface area contributed by atoms with E-state index in [2.05, 4.69) is 15.0 Å². The van der Waals surface area contributed by atoms with Gasteiger partial charge in [0.2, 0.25) is 11.8 Å². The van der Waals surface area contributed by atoms with Crippen molar-refractivity contribution in [2.45, 2.75) is 57.3 Å². The number of ether oxygens (including phenoxy) is 1. The normalized spacial score (nSPS) is 21.0. The molecular formula is C21H25F3N4O5. The first-order valence-corrected chi connectivity index (χ1v) is 10.7. The lowest BCUT2D eigenvalue weighted by molar-refractivity contribution is -0.204. The number of esters is 2. The Morgan fingerprint density at radius 2 is 1.91 bits per heavy atom. The first-order chi connectivity index (χ1) is 15.6. The van der Waals surface area contributed by atoms with Crippen molar-refractivity contribution in [1.82, 2.24) is 15.2 Å². The van der Waals surface area contributed by atoms with Gasteiger partial charge in [-0.05, 0) is 30.0 Å². The Labute approximate surface area is 187 Å². The molecule has 180 valence electrons. The third kappa shape index (κ3) is 6.20. The summed E-state index contributed by atoms with van der Waals surface area (Å²) in [5.74, 6) is -6.82. The van der Waals surface area contributed by atoms with E-state index in [0.29, 0.717) is 24.4 Å². The Morgan fingerprint density at radius 1 is 1.21 bits per heavy atom. The number of hydrogen-bond acceptors (Lipinski definition) is 7. The van der Waals surface area contributed by atoms with E-state index >= 15 is 0 Å². The number of β-lactam (4-membered cyclic amide) rings is 1. The number of hydrogen-bond donors (Lipinski definition) is 2. The number of carbonyl (C=O) groups is 4. The van der Waals surface area contributed by atoms with Crippen LogP contribution in [0.5, 0.6) is 0 Å². The van der Waals surface area contributed by atoms with Gasteiger partial charge in [0.15, 0.2) is 0 Å². The molecule has 1 aliphatic carbocycles. The average molecular weight is 470 g/mol. The maximum atomic E-state index is 13.2. The fourth-order valence-electron chi connectivity index (χ4n) is 4.14. The zero-order valence-electron chi connectivity index (χ0n) is 17.8. The van der Waals surface area contributed by atoms with Crippen LogP contribution in [0.1, 0.15) is 44.1 Å². The predicted octanol–water partition coefficient (Wildman–Crippen LogP) is 1.71. The Hall–Kier alpha value is -3.18. The molecular weight excluding hydrogens is 445 g/mol. The van der Waals surface area contributed by atoms with E-state index in [0.717, 1.165) is 32.1 Å². The van der Waals surface area contributed by atoms with Crippen LogP contribution in [-0.4, -0.2) is 52.4 Å². The molecule has 0 unspecified atom stereocenters. The van der Waals surface area contributed by atoms with Gasteiger partial charge in [0, 0.05) is 19.3 Å². The SMILES string of the molecule is Nc1cc(CN(CCC2CCCCC2)C(=O)[C@H]2C(=O)N[C@@H]2C(=O)OC(=O)C(F)(F)F)ccn1. The number of carbonyl (C=O) groups excluding carboxylic acids is 4. The minimum absolute atomic E-state index is 0.0747. The highest BCUT2D eigenvalue weighted by Crippen LogP contribution is 2.28. The van der Waals surface area contributed by atoms with Gasteiger partial charge in [-0.3, -0.25) is 9.59 Å². The molecule has 33 heavy (non-hydrogen) atoms. The molecule has 3 N–H and O–H groups in total. The van der Waals surface area contributed by atoms with Crippen molar-refractivity contribution in [1.29, 1.82) is 0 Å². The second-order valence-corrected chi connectivity index (χ2v) is 8.31. The number of nitrogens with two attached hydrogens (primary N) is 1. The number of rotatable bonds is 7. The van der Waals surface area contributed by atoms with Gasteiger partial charge in [0.25, 0.3) is 0 Å². The zero-order chi connectivity index (χ0) is 24.2. The summed E-state index contributed by atoms with van der Waals surface area (Å²) in [7, 11) is 0. The van der Waals surface area contributed by atoms with Crippen LogP contribution < -0.4 is 11.1 Å². The van der Waals surface area contributed by atoms with E-state index in [4.69, 9.17) is 5.73 Å². The van der Waals surface area contributed by atoms with Crippen LogP contribution >= 0.6 is 0 Å². The van der Waals surface area contributed by atoms with Gasteiger partial charge in [-0.2, -0.15) is 13.2 Å². The third-order valence-electron chi connectivity index (χ3n) is 5.92. The van der Waals surface area contributed by atoms with Gasteiger partial charge >= 0.3 is 18.1 Å². The smallest absolute Gasteiger partial charge is 0.385 e. The van der Waals surface area contributed by atoms with Crippen molar-refractivity contribution in [2.75, 3.05) is 12.3 Å². The molecule has 0 bridgehead atoms. The molecule has 1 saturated carbocycles. The molecule has 3 rings (SSSR count). The predicted molar refractivity (Wildman–Crippen MR) is 108 cm³/mol. The van der Waals surface area contributed by atoms with Crippen LogP contribution in [0.2, 0.25) is 0 Å². The number of halogens is 3. The van der Waals surface area contributed by atoms with Crippen molar-refractivity contribution < 1.29 is 37.1 Å². The lowest BCUT2D eigenvalue weighted by Crippen LogP contribution is -2.67. The molecule has 9 nitrogen and oxygen atoms in total. The van der Waals surface area contributed by atoms with Crippen molar-refractivity contribution in [2.24, 2.45) is 11.8 Å². The summed E-state index contributed by atoms with van der Waals surface area (Å²) in [6, 6.07) is 1.54. The summed E-state index contributed by atoms with van der Waals surface area (Å²) >= 11 is 0. The van der Waals surface area contributed by atoms with Gasteiger partial charge in [0.1, 0.15) is 17.8 Å². The van der Waals surface area contributed by atoms with Gasteiger partial charge in [-0.15, -0.1) is 0 Å². The van der Waals surface area contributed by atoms with E-state index in [-0.39, 0.29) is 12.4 Å². The highest BCUT2D eigenvalue weighted by atomic mass is 19.4. The van der Waals surface area contributed by atoms with Gasteiger partial charge < -0.3 is 20.7 Å². The molecule has 0 radical (unpaired) electrons. The Kier molecular flexibility index (Phi) is 7.54. The van der Waals surface area contributed by atoms with Crippen LogP contribution in [0, 0.1) is 11.8 Å². The van der Waals surface area contributed by atoms with E-state index in [9.17, 15) is 32.3 Å². The van der Waals surface area contributed by atoms with E-state index in [1.54, 1.807) is 12.1 Å². The highest BCUT2D eigenvalue weighted by Gasteiger charge is 2.53. The first-order valence-electron chi connectivity index (χ1n) is 10.7. The second kappa shape index (κ2) is 10.2. The Bertz CT molecular complexity index is 917. The quantitative estimate of drug-likeness (QED) is 0.352. The minimum Gasteiger partial charge on any atom is -0.385 e. The van der Waals surface area contributed by atoms with Crippen LogP contribution in [0.3, 0.4) is 0 Å². The molecule has 1 saturated heterocycles. The summed E-state index contributed by atoms with van der Waals surface area (Å²) in [6.07, 6.45) is 2.20. The third-order valence-corrected chi connectivity index (χ3v) is 5.92. The van der Waals surface area contributed by atoms with Gasteiger partial charge in [-0.1, -0.05) is 32.1 Å². The molecule has 2 heterocycles. The van der Waals surface area contributed by atoms with Crippen LogP contribution in [0.15, 0.2) is 18.3 Å². The number of nitrogen functional groups attached to an aromatic ring is 1. The van der Waals surface area contributed by atoms with E-state index in [1.165, 1.54) is 11.1 Å². The summed E-state index contributed by atoms with van der Waals surface area (Å²) in [4.78, 5) is 53.6. The standard InChI is InChI=1S/C21H25F3N4O5/c22-21(23,24)20(32)33-19(31)16-15(17(29)27-16)18(30)28(9-7-12-4-2-1-3-5-12)11-13-6-8-26-14(25)10-13/h6,8,10,12,15-16H,1-5,7,9,11H2,(H2,25,26)(H,27,29)/t15-,16+/m1/s1. The average Bonchev–Trinajstić information content (AvgIpc) is 2.74. The maximum absolute atomic E-state index is 13.2. The Balaban J connectivity index is 1.73. The van der Waals surface area contributed by atoms with Crippen LogP contribution in [0.25, 0.3) is 0 Å². The summed E-state index contributed by atoms with van der Waals surface area (Å²) in [5.41, 5.74) is 6.34. The summed E-state index contributed by atoms with van der Waals surface area (Å²) in [5, 5.41) is 2.05. The van der Waals surface area contributed by atoms with Crippen molar-refractivity contribution in [3.05, 3.63) is 23.9 Å². The summed E-state index contributed by atoms with van der Waals surface area (Å²) in [6.45, 7) is 0.365. The molecule has 2 aliphatic rings. The topological polar surface area (TPSA) is 132 Å². The van der Waals surface area contributed by atoms with E-state index in [1.807, 2.05) is 0 Å². The lowest BCUT2D eigenvalue weighted by atomic mass is 9.86. The van der Waals surface area contributed by atoms with Crippen LogP contribution in [0.4, 0.5) is 19.0 Å². The van der Waals surface area contributed by atoms with Gasteiger partial charge in [0.05, 0.1) is 0 Å². The van der Waals surface area contributed by atoms with Crippen LogP contribution in [-0.2, 0) is 30.5 Å². The molecule has 2 amide bonds. The Morgan fingerprint density at radius 3 is 2.52 bits per heavy atom. The number of amides is 2. The number of aromatic nitrogens is 1. The zero-order valence-corrected chi connectivity index (χ0v) is 17.8.